The van der Waals surface area contributed by atoms with Crippen LogP contribution in [0.4, 0.5) is 5.69 Å². The summed E-state index contributed by atoms with van der Waals surface area (Å²) >= 11 is 3.33. The van der Waals surface area contributed by atoms with E-state index in [1.807, 2.05) is 18.2 Å². The molecule has 0 unspecified atom stereocenters. The molecule has 1 N–H and O–H groups in total. The van der Waals surface area contributed by atoms with Crippen LogP contribution in [0, 0.1) is 0 Å². The highest BCUT2D eigenvalue weighted by Crippen LogP contribution is 2.26. The molecule has 0 bridgehead atoms. The minimum atomic E-state index is -3.58. The first kappa shape index (κ1) is 16.0. The first-order chi connectivity index (χ1) is 9.70. The quantitative estimate of drug-likeness (QED) is 0.864. The van der Waals surface area contributed by atoms with Crippen LogP contribution in [0.1, 0.15) is 26.3 Å². The SMILES string of the molecule is CC(C)(C)c1ccc(S(=O)(=O)Nc2ccccc2Br)cc1. The molecular weight excluding hydrogens is 350 g/mol. The number of rotatable bonds is 3. The van der Waals surface area contributed by atoms with Gasteiger partial charge in [-0.15, -0.1) is 0 Å². The minimum Gasteiger partial charge on any atom is -0.278 e. The van der Waals surface area contributed by atoms with Gasteiger partial charge >= 0.3 is 0 Å². The van der Waals surface area contributed by atoms with Crippen molar-refractivity contribution in [3.8, 4) is 0 Å². The zero-order valence-corrected chi connectivity index (χ0v) is 14.6. The number of hydrogen-bond acceptors (Lipinski definition) is 2. The third-order valence-corrected chi connectivity index (χ3v) is 5.22. The summed E-state index contributed by atoms with van der Waals surface area (Å²) in [5.74, 6) is 0. The maximum absolute atomic E-state index is 12.4. The number of hydrogen-bond donors (Lipinski definition) is 1. The van der Waals surface area contributed by atoms with E-state index in [2.05, 4.69) is 41.4 Å². The van der Waals surface area contributed by atoms with E-state index in [9.17, 15) is 8.42 Å². The molecule has 0 atom stereocenters. The van der Waals surface area contributed by atoms with Gasteiger partial charge in [0, 0.05) is 4.47 Å². The topological polar surface area (TPSA) is 46.2 Å². The lowest BCUT2D eigenvalue weighted by atomic mass is 9.87. The van der Waals surface area contributed by atoms with Crippen LogP contribution in [-0.2, 0) is 15.4 Å². The van der Waals surface area contributed by atoms with Gasteiger partial charge in [-0.2, -0.15) is 0 Å². The highest BCUT2D eigenvalue weighted by Gasteiger charge is 2.18. The molecule has 112 valence electrons. The van der Waals surface area contributed by atoms with Gasteiger partial charge in [0.15, 0.2) is 0 Å². The molecule has 0 fully saturated rings. The number of halogens is 1. The fraction of sp³-hybridized carbons (Fsp3) is 0.250. The van der Waals surface area contributed by atoms with Crippen LogP contribution in [0.2, 0.25) is 0 Å². The fourth-order valence-corrected chi connectivity index (χ4v) is 3.48. The molecule has 2 aromatic carbocycles. The number of benzene rings is 2. The third-order valence-electron chi connectivity index (χ3n) is 3.15. The van der Waals surface area contributed by atoms with Gasteiger partial charge in [0.25, 0.3) is 10.0 Å². The summed E-state index contributed by atoms with van der Waals surface area (Å²) in [7, 11) is -3.58. The summed E-state index contributed by atoms with van der Waals surface area (Å²) in [6.45, 7) is 6.28. The summed E-state index contributed by atoms with van der Waals surface area (Å²) in [5, 5.41) is 0. The second-order valence-corrected chi connectivity index (χ2v) is 8.40. The van der Waals surface area contributed by atoms with Crippen molar-refractivity contribution < 1.29 is 8.42 Å². The first-order valence-corrected chi connectivity index (χ1v) is 8.86. The average molecular weight is 368 g/mol. The predicted molar refractivity (Wildman–Crippen MR) is 90.1 cm³/mol. The molecule has 0 aliphatic rings. The van der Waals surface area contributed by atoms with Gasteiger partial charge in [0.2, 0.25) is 0 Å². The molecule has 0 saturated heterocycles. The Labute approximate surface area is 134 Å². The van der Waals surface area contributed by atoms with Gasteiger partial charge in [-0.25, -0.2) is 8.42 Å². The lowest BCUT2D eigenvalue weighted by Crippen LogP contribution is -2.15. The van der Waals surface area contributed by atoms with Crippen LogP contribution in [0.3, 0.4) is 0 Å². The molecule has 0 amide bonds. The van der Waals surface area contributed by atoms with Crippen molar-refractivity contribution in [2.75, 3.05) is 4.72 Å². The monoisotopic (exact) mass is 367 g/mol. The first-order valence-electron chi connectivity index (χ1n) is 6.58. The Hall–Kier alpha value is -1.33. The summed E-state index contributed by atoms with van der Waals surface area (Å²) in [6, 6.07) is 14.1. The highest BCUT2D eigenvalue weighted by molar-refractivity contribution is 9.10. The van der Waals surface area contributed by atoms with Gasteiger partial charge in [-0.3, -0.25) is 4.72 Å². The Kier molecular flexibility index (Phi) is 4.44. The zero-order chi connectivity index (χ0) is 15.7. The third kappa shape index (κ3) is 3.86. The molecular formula is C16H18BrNO2S. The minimum absolute atomic E-state index is 0.00181. The maximum Gasteiger partial charge on any atom is 0.261 e. The van der Waals surface area contributed by atoms with E-state index in [-0.39, 0.29) is 10.3 Å². The molecule has 2 aromatic rings. The van der Waals surface area contributed by atoms with E-state index < -0.39 is 10.0 Å². The lowest BCUT2D eigenvalue weighted by molar-refractivity contribution is 0.587. The molecule has 0 heterocycles. The smallest absolute Gasteiger partial charge is 0.261 e. The van der Waals surface area contributed by atoms with Crippen LogP contribution in [0.15, 0.2) is 57.9 Å². The Morgan fingerprint density at radius 2 is 1.52 bits per heavy atom. The standard InChI is InChI=1S/C16H18BrNO2S/c1-16(2,3)12-8-10-13(11-9-12)21(19,20)18-15-7-5-4-6-14(15)17/h4-11,18H,1-3H3. The molecule has 21 heavy (non-hydrogen) atoms. The van der Waals surface area contributed by atoms with Crippen molar-refractivity contribution in [2.24, 2.45) is 0 Å². The molecule has 0 radical (unpaired) electrons. The second kappa shape index (κ2) is 5.81. The Bertz CT molecular complexity index is 732. The summed E-state index contributed by atoms with van der Waals surface area (Å²) in [6.07, 6.45) is 0. The van der Waals surface area contributed by atoms with Gasteiger partial charge in [0.05, 0.1) is 10.6 Å². The summed E-state index contributed by atoms with van der Waals surface area (Å²) < 4.78 is 28.1. The summed E-state index contributed by atoms with van der Waals surface area (Å²) in [5.41, 5.74) is 1.62. The highest BCUT2D eigenvalue weighted by atomic mass is 79.9. The van der Waals surface area contributed by atoms with Crippen LogP contribution in [-0.4, -0.2) is 8.42 Å². The van der Waals surface area contributed by atoms with Crippen LogP contribution in [0.5, 0.6) is 0 Å². The van der Waals surface area contributed by atoms with E-state index in [1.165, 1.54) is 0 Å². The van der Waals surface area contributed by atoms with Crippen molar-refractivity contribution in [2.45, 2.75) is 31.1 Å². The average Bonchev–Trinajstić information content (AvgIpc) is 2.40. The molecule has 0 aromatic heterocycles. The number of sulfonamides is 1. The normalized spacial score (nSPS) is 12.2. The van der Waals surface area contributed by atoms with E-state index >= 15 is 0 Å². The number of nitrogens with one attached hydrogen (secondary N) is 1. The van der Waals surface area contributed by atoms with Crippen molar-refractivity contribution >= 4 is 31.6 Å². The Balaban J connectivity index is 2.30. The van der Waals surface area contributed by atoms with Crippen LogP contribution < -0.4 is 4.72 Å². The van der Waals surface area contributed by atoms with Gasteiger partial charge in [0.1, 0.15) is 0 Å². The van der Waals surface area contributed by atoms with Crippen LogP contribution >= 0.6 is 15.9 Å². The van der Waals surface area contributed by atoms with Gasteiger partial charge in [-0.05, 0) is 51.2 Å². The lowest BCUT2D eigenvalue weighted by Gasteiger charge is -2.19. The Morgan fingerprint density at radius 1 is 0.952 bits per heavy atom. The predicted octanol–water partition coefficient (Wildman–Crippen LogP) is 4.55. The van der Waals surface area contributed by atoms with E-state index in [4.69, 9.17) is 0 Å². The van der Waals surface area contributed by atoms with Crippen molar-refractivity contribution in [1.82, 2.24) is 0 Å². The van der Waals surface area contributed by atoms with E-state index in [0.29, 0.717) is 10.2 Å². The molecule has 0 spiro atoms. The van der Waals surface area contributed by atoms with Crippen LogP contribution in [0.25, 0.3) is 0 Å². The fourth-order valence-electron chi connectivity index (χ4n) is 1.88. The molecule has 2 rings (SSSR count). The molecule has 3 nitrogen and oxygen atoms in total. The van der Waals surface area contributed by atoms with Crippen molar-refractivity contribution in [3.05, 3.63) is 58.6 Å². The van der Waals surface area contributed by atoms with E-state index in [1.54, 1.807) is 30.3 Å². The van der Waals surface area contributed by atoms with Gasteiger partial charge < -0.3 is 0 Å². The van der Waals surface area contributed by atoms with Gasteiger partial charge in [-0.1, -0.05) is 45.0 Å². The number of para-hydroxylation sites is 1. The number of anilines is 1. The maximum atomic E-state index is 12.4. The van der Waals surface area contributed by atoms with Crippen molar-refractivity contribution in [3.63, 3.8) is 0 Å². The van der Waals surface area contributed by atoms with Crippen molar-refractivity contribution in [1.29, 1.82) is 0 Å². The molecule has 0 aliphatic carbocycles. The Morgan fingerprint density at radius 3 is 2.05 bits per heavy atom. The largest absolute Gasteiger partial charge is 0.278 e. The summed E-state index contributed by atoms with van der Waals surface area (Å²) in [4.78, 5) is 0.256. The molecule has 0 aliphatic heterocycles. The van der Waals surface area contributed by atoms with E-state index in [0.717, 1.165) is 5.56 Å². The zero-order valence-electron chi connectivity index (χ0n) is 12.2. The second-order valence-electron chi connectivity index (χ2n) is 5.86. The molecule has 0 saturated carbocycles. The molecule has 5 heteroatoms.